The first-order chi connectivity index (χ1) is 13.3. The van der Waals surface area contributed by atoms with E-state index < -0.39 is 0 Å². The Balaban J connectivity index is 1.33. The van der Waals surface area contributed by atoms with Gasteiger partial charge in [0.25, 0.3) is 0 Å². The van der Waals surface area contributed by atoms with E-state index in [2.05, 4.69) is 58.6 Å². The lowest BCUT2D eigenvalue weighted by Crippen LogP contribution is -2.00. The zero-order valence-corrected chi connectivity index (χ0v) is 15.2. The third-order valence-electron chi connectivity index (χ3n) is 4.45. The molecule has 0 aliphatic carbocycles. The Morgan fingerprint density at radius 1 is 0.889 bits per heavy atom. The van der Waals surface area contributed by atoms with Gasteiger partial charge >= 0.3 is 0 Å². The molecule has 27 heavy (non-hydrogen) atoms. The monoisotopic (exact) mass is 355 g/mol. The highest BCUT2D eigenvalue weighted by atomic mass is 16.5. The zero-order chi connectivity index (χ0) is 18.5. The molecule has 4 rings (SSSR count). The van der Waals surface area contributed by atoms with Gasteiger partial charge in [0.05, 0.1) is 5.52 Å². The molecule has 0 aliphatic heterocycles. The van der Waals surface area contributed by atoms with E-state index in [4.69, 9.17) is 4.74 Å². The molecule has 0 fully saturated rings. The standard InChI is InChI=1S/C23H21N3O/c1-17-2-4-19(5-3-17)15-27-22-10-6-18(7-11-22)13-25-21-9-8-20-14-24-16-26-23(20)12-21/h2-12,14,16,25H,13,15H2,1H3. The molecule has 4 heteroatoms. The van der Waals surface area contributed by atoms with Crippen LogP contribution in [0.4, 0.5) is 5.69 Å². The number of rotatable bonds is 6. The molecule has 0 aliphatic rings. The van der Waals surface area contributed by atoms with Gasteiger partial charge < -0.3 is 10.1 Å². The molecule has 0 spiro atoms. The van der Waals surface area contributed by atoms with E-state index in [-0.39, 0.29) is 0 Å². The normalized spacial score (nSPS) is 10.7. The Labute approximate surface area is 158 Å². The molecule has 0 amide bonds. The number of fused-ring (bicyclic) bond motifs is 1. The summed E-state index contributed by atoms with van der Waals surface area (Å²) < 4.78 is 5.86. The Hall–Kier alpha value is -3.40. The number of hydrogen-bond acceptors (Lipinski definition) is 4. The number of nitrogens with zero attached hydrogens (tertiary/aromatic N) is 2. The minimum Gasteiger partial charge on any atom is -0.489 e. The van der Waals surface area contributed by atoms with Crippen LogP contribution in [0.15, 0.2) is 79.3 Å². The zero-order valence-electron chi connectivity index (χ0n) is 15.2. The molecule has 0 atom stereocenters. The summed E-state index contributed by atoms with van der Waals surface area (Å²) in [5, 5.41) is 4.47. The first-order valence-corrected chi connectivity index (χ1v) is 8.97. The van der Waals surface area contributed by atoms with E-state index in [0.717, 1.165) is 28.9 Å². The Kier molecular flexibility index (Phi) is 4.97. The van der Waals surface area contributed by atoms with Crippen LogP contribution < -0.4 is 10.1 Å². The average molecular weight is 355 g/mol. The lowest BCUT2D eigenvalue weighted by atomic mass is 10.1. The van der Waals surface area contributed by atoms with Crippen molar-refractivity contribution < 1.29 is 4.74 Å². The van der Waals surface area contributed by atoms with Crippen LogP contribution in [0.2, 0.25) is 0 Å². The van der Waals surface area contributed by atoms with Gasteiger partial charge in [-0.05, 0) is 48.4 Å². The number of hydrogen-bond donors (Lipinski definition) is 1. The molecule has 0 saturated heterocycles. The summed E-state index contributed by atoms with van der Waals surface area (Å²) in [5.41, 5.74) is 5.61. The fourth-order valence-electron chi connectivity index (χ4n) is 2.84. The molecule has 0 unspecified atom stereocenters. The Morgan fingerprint density at radius 2 is 1.67 bits per heavy atom. The summed E-state index contributed by atoms with van der Waals surface area (Å²) in [5.74, 6) is 0.877. The van der Waals surface area contributed by atoms with Crippen LogP contribution in [-0.4, -0.2) is 9.97 Å². The summed E-state index contributed by atoms with van der Waals surface area (Å²) in [6.45, 7) is 3.41. The van der Waals surface area contributed by atoms with Crippen LogP contribution in [0.3, 0.4) is 0 Å². The Morgan fingerprint density at radius 3 is 2.48 bits per heavy atom. The molecule has 4 aromatic rings. The van der Waals surface area contributed by atoms with Gasteiger partial charge in [-0.2, -0.15) is 0 Å². The van der Waals surface area contributed by atoms with Crippen LogP contribution in [0.5, 0.6) is 5.75 Å². The number of aryl methyl sites for hydroxylation is 1. The molecule has 0 saturated carbocycles. The molecule has 0 radical (unpaired) electrons. The van der Waals surface area contributed by atoms with Crippen molar-refractivity contribution in [2.24, 2.45) is 0 Å². The van der Waals surface area contributed by atoms with Gasteiger partial charge in [0, 0.05) is 23.8 Å². The number of nitrogens with one attached hydrogen (secondary N) is 1. The van der Waals surface area contributed by atoms with Gasteiger partial charge in [0.2, 0.25) is 0 Å². The summed E-state index contributed by atoms with van der Waals surface area (Å²) in [6, 6.07) is 22.7. The van der Waals surface area contributed by atoms with Gasteiger partial charge in [-0.25, -0.2) is 9.97 Å². The smallest absolute Gasteiger partial charge is 0.119 e. The second-order valence-electron chi connectivity index (χ2n) is 6.57. The topological polar surface area (TPSA) is 47.0 Å². The van der Waals surface area contributed by atoms with Crippen molar-refractivity contribution in [3.05, 3.63) is 95.9 Å². The molecule has 0 bridgehead atoms. The third-order valence-corrected chi connectivity index (χ3v) is 4.45. The summed E-state index contributed by atoms with van der Waals surface area (Å²) in [7, 11) is 0. The molecular formula is C23H21N3O. The number of ether oxygens (including phenoxy) is 1. The SMILES string of the molecule is Cc1ccc(COc2ccc(CNc3ccc4cncnc4c3)cc2)cc1. The highest BCUT2D eigenvalue weighted by Crippen LogP contribution is 2.18. The minimum absolute atomic E-state index is 0.580. The summed E-state index contributed by atoms with van der Waals surface area (Å²) in [4.78, 5) is 8.33. The van der Waals surface area contributed by atoms with Gasteiger partial charge in [0.1, 0.15) is 18.7 Å². The van der Waals surface area contributed by atoms with Crippen molar-refractivity contribution in [3.8, 4) is 5.75 Å². The maximum absolute atomic E-state index is 5.86. The average Bonchev–Trinajstić information content (AvgIpc) is 2.72. The van der Waals surface area contributed by atoms with Gasteiger partial charge in [-0.1, -0.05) is 42.0 Å². The van der Waals surface area contributed by atoms with Crippen LogP contribution in [0.25, 0.3) is 10.9 Å². The summed E-state index contributed by atoms with van der Waals surface area (Å²) >= 11 is 0. The molecule has 134 valence electrons. The van der Waals surface area contributed by atoms with Crippen LogP contribution >= 0.6 is 0 Å². The highest BCUT2D eigenvalue weighted by molar-refractivity contribution is 5.81. The predicted octanol–water partition coefficient (Wildman–Crippen LogP) is 5.13. The quantitative estimate of drug-likeness (QED) is 0.521. The summed E-state index contributed by atoms with van der Waals surface area (Å²) in [6.07, 6.45) is 3.39. The maximum Gasteiger partial charge on any atom is 0.119 e. The highest BCUT2D eigenvalue weighted by Gasteiger charge is 2.00. The van der Waals surface area contributed by atoms with E-state index >= 15 is 0 Å². The molecule has 3 aromatic carbocycles. The predicted molar refractivity (Wildman–Crippen MR) is 109 cm³/mol. The third kappa shape index (κ3) is 4.42. The fraction of sp³-hybridized carbons (Fsp3) is 0.130. The number of aromatic nitrogens is 2. The van der Waals surface area contributed by atoms with E-state index in [9.17, 15) is 0 Å². The number of benzene rings is 3. The molecule has 4 nitrogen and oxygen atoms in total. The van der Waals surface area contributed by atoms with Crippen molar-refractivity contribution >= 4 is 16.6 Å². The lowest BCUT2D eigenvalue weighted by molar-refractivity contribution is 0.306. The molecule has 1 N–H and O–H groups in total. The Bertz CT molecular complexity index is 1030. The van der Waals surface area contributed by atoms with Crippen molar-refractivity contribution in [2.75, 3.05) is 5.32 Å². The van der Waals surface area contributed by atoms with Gasteiger partial charge in [-0.15, -0.1) is 0 Å². The van der Waals surface area contributed by atoms with Crippen LogP contribution in [0.1, 0.15) is 16.7 Å². The fourth-order valence-corrected chi connectivity index (χ4v) is 2.84. The van der Waals surface area contributed by atoms with Gasteiger partial charge in [0.15, 0.2) is 0 Å². The van der Waals surface area contributed by atoms with Crippen LogP contribution in [-0.2, 0) is 13.2 Å². The van der Waals surface area contributed by atoms with Crippen molar-refractivity contribution in [2.45, 2.75) is 20.1 Å². The second kappa shape index (κ2) is 7.87. The second-order valence-corrected chi connectivity index (χ2v) is 6.57. The van der Waals surface area contributed by atoms with Crippen molar-refractivity contribution in [1.29, 1.82) is 0 Å². The first kappa shape index (κ1) is 17.0. The van der Waals surface area contributed by atoms with Gasteiger partial charge in [-0.3, -0.25) is 0 Å². The van der Waals surface area contributed by atoms with E-state index in [1.54, 1.807) is 6.33 Å². The van der Waals surface area contributed by atoms with Crippen molar-refractivity contribution in [3.63, 3.8) is 0 Å². The molecule has 1 heterocycles. The number of anilines is 1. The van der Waals surface area contributed by atoms with Crippen molar-refractivity contribution in [1.82, 2.24) is 9.97 Å². The molecular weight excluding hydrogens is 334 g/mol. The first-order valence-electron chi connectivity index (χ1n) is 8.97. The largest absolute Gasteiger partial charge is 0.489 e. The lowest BCUT2D eigenvalue weighted by Gasteiger charge is -2.09. The molecule has 1 aromatic heterocycles. The minimum atomic E-state index is 0.580. The van der Waals surface area contributed by atoms with E-state index in [1.807, 2.05) is 36.5 Å². The van der Waals surface area contributed by atoms with Crippen LogP contribution in [0, 0.1) is 6.92 Å². The maximum atomic E-state index is 5.86. The van der Waals surface area contributed by atoms with E-state index in [0.29, 0.717) is 6.61 Å². The van der Waals surface area contributed by atoms with E-state index in [1.165, 1.54) is 16.7 Å².